The fraction of sp³-hybridized carbons (Fsp3) is 0.231. The van der Waals surface area contributed by atoms with Gasteiger partial charge in [-0.2, -0.15) is 5.26 Å². The summed E-state index contributed by atoms with van der Waals surface area (Å²) in [5, 5.41) is 8.82. The van der Waals surface area contributed by atoms with Crippen molar-refractivity contribution in [3.05, 3.63) is 41.2 Å². The van der Waals surface area contributed by atoms with E-state index in [2.05, 4.69) is 0 Å². The Bertz CT molecular complexity index is 486. The van der Waals surface area contributed by atoms with Crippen molar-refractivity contribution in [1.82, 2.24) is 0 Å². The fourth-order valence-electron chi connectivity index (χ4n) is 1.16. The van der Waals surface area contributed by atoms with Crippen molar-refractivity contribution in [2.75, 3.05) is 0 Å². The predicted octanol–water partition coefficient (Wildman–Crippen LogP) is 2.68. The molecule has 0 heterocycles. The van der Waals surface area contributed by atoms with Crippen LogP contribution in [0.2, 0.25) is 0 Å². The molecule has 1 rings (SSSR count). The number of benzene rings is 1. The van der Waals surface area contributed by atoms with Gasteiger partial charge >= 0.3 is 5.97 Å². The summed E-state index contributed by atoms with van der Waals surface area (Å²) in [5.41, 5.74) is -0.0337. The number of ether oxygens (including phenoxy) is 1. The second-order valence-electron chi connectivity index (χ2n) is 3.65. The molecule has 1 aromatic carbocycles. The van der Waals surface area contributed by atoms with Gasteiger partial charge in [0.25, 0.3) is 0 Å². The molecule has 0 spiro atoms. The lowest BCUT2D eigenvalue weighted by Gasteiger charge is -2.06. The third-order valence-electron chi connectivity index (χ3n) is 1.89. The molecule has 17 heavy (non-hydrogen) atoms. The van der Waals surface area contributed by atoms with Gasteiger partial charge in [-0.3, -0.25) is 0 Å². The van der Waals surface area contributed by atoms with E-state index in [1.807, 2.05) is 0 Å². The van der Waals surface area contributed by atoms with Gasteiger partial charge < -0.3 is 4.74 Å². The van der Waals surface area contributed by atoms with Gasteiger partial charge in [-0.15, -0.1) is 0 Å². The molecule has 3 nitrogen and oxygen atoms in total. The van der Waals surface area contributed by atoms with Crippen LogP contribution in [0.3, 0.4) is 0 Å². The largest absolute Gasteiger partial charge is 0.459 e. The first-order valence-corrected chi connectivity index (χ1v) is 5.12. The van der Waals surface area contributed by atoms with Gasteiger partial charge in [0.1, 0.15) is 17.5 Å². The highest BCUT2D eigenvalue weighted by atomic mass is 19.1. The number of carbonyl (C=O) groups is 1. The molecule has 0 N–H and O–H groups in total. The maximum atomic E-state index is 13.3. The van der Waals surface area contributed by atoms with Crippen molar-refractivity contribution in [3.8, 4) is 6.07 Å². The van der Waals surface area contributed by atoms with Crippen molar-refractivity contribution in [3.63, 3.8) is 0 Å². The smallest absolute Gasteiger partial charge is 0.349 e. The molecule has 0 saturated carbocycles. The predicted molar refractivity (Wildman–Crippen MR) is 61.2 cm³/mol. The fourth-order valence-corrected chi connectivity index (χ4v) is 1.16. The Labute approximate surface area is 99.1 Å². The summed E-state index contributed by atoms with van der Waals surface area (Å²) in [5.74, 6) is -1.23. The number of nitriles is 1. The molecule has 0 fully saturated rings. The SMILES string of the molecule is CC(C)OC(=O)C(C#N)=Cc1ccccc1F. The van der Waals surface area contributed by atoms with Gasteiger partial charge in [0.05, 0.1) is 6.10 Å². The van der Waals surface area contributed by atoms with Crippen LogP contribution in [0.25, 0.3) is 6.08 Å². The van der Waals surface area contributed by atoms with Crippen LogP contribution >= 0.6 is 0 Å². The molecule has 0 unspecified atom stereocenters. The Kier molecular flexibility index (Phi) is 4.41. The Morgan fingerprint density at radius 2 is 2.12 bits per heavy atom. The van der Waals surface area contributed by atoms with Crippen LogP contribution in [0.5, 0.6) is 0 Å². The Balaban J connectivity index is 3.00. The van der Waals surface area contributed by atoms with E-state index in [1.54, 1.807) is 26.0 Å². The van der Waals surface area contributed by atoms with E-state index < -0.39 is 11.8 Å². The number of carbonyl (C=O) groups excluding carboxylic acids is 1. The van der Waals surface area contributed by atoms with Gasteiger partial charge in [-0.1, -0.05) is 18.2 Å². The van der Waals surface area contributed by atoms with Crippen LogP contribution < -0.4 is 0 Å². The van der Waals surface area contributed by atoms with Crippen molar-refractivity contribution in [1.29, 1.82) is 5.26 Å². The molecule has 0 bridgehead atoms. The summed E-state index contributed by atoms with van der Waals surface area (Å²) >= 11 is 0. The molecular weight excluding hydrogens is 221 g/mol. The van der Waals surface area contributed by atoms with E-state index in [0.29, 0.717) is 0 Å². The lowest BCUT2D eigenvalue weighted by molar-refractivity contribution is -0.142. The minimum absolute atomic E-state index is 0.185. The Morgan fingerprint density at radius 1 is 1.47 bits per heavy atom. The average molecular weight is 233 g/mol. The molecule has 0 aliphatic rings. The van der Waals surface area contributed by atoms with Gasteiger partial charge in [-0.05, 0) is 26.0 Å². The first-order valence-electron chi connectivity index (χ1n) is 5.12. The number of rotatable bonds is 3. The van der Waals surface area contributed by atoms with Crippen LogP contribution in [-0.4, -0.2) is 12.1 Å². The molecule has 4 heteroatoms. The summed E-state index contributed by atoms with van der Waals surface area (Å²) in [6.45, 7) is 3.35. The number of hydrogen-bond acceptors (Lipinski definition) is 3. The molecule has 1 aromatic rings. The maximum Gasteiger partial charge on any atom is 0.349 e. The zero-order valence-electron chi connectivity index (χ0n) is 9.61. The van der Waals surface area contributed by atoms with Crippen molar-refractivity contribution >= 4 is 12.0 Å². The number of hydrogen-bond donors (Lipinski definition) is 0. The maximum absolute atomic E-state index is 13.3. The van der Waals surface area contributed by atoms with Gasteiger partial charge in [0, 0.05) is 5.56 Å². The van der Waals surface area contributed by atoms with Gasteiger partial charge in [0.2, 0.25) is 0 Å². The monoisotopic (exact) mass is 233 g/mol. The third-order valence-corrected chi connectivity index (χ3v) is 1.89. The van der Waals surface area contributed by atoms with E-state index in [-0.39, 0.29) is 17.2 Å². The van der Waals surface area contributed by atoms with Crippen LogP contribution in [0.1, 0.15) is 19.4 Å². The van der Waals surface area contributed by atoms with Gasteiger partial charge in [0.15, 0.2) is 0 Å². The summed E-state index contributed by atoms with van der Waals surface area (Å²) in [7, 11) is 0. The molecule has 0 aromatic heterocycles. The highest BCUT2D eigenvalue weighted by Gasteiger charge is 2.13. The molecule has 0 radical (unpaired) electrons. The molecule has 0 aliphatic carbocycles. The van der Waals surface area contributed by atoms with E-state index in [0.717, 1.165) is 0 Å². The Morgan fingerprint density at radius 3 is 2.65 bits per heavy atom. The lowest BCUT2D eigenvalue weighted by Crippen LogP contribution is -2.12. The molecule has 0 aliphatic heterocycles. The van der Waals surface area contributed by atoms with Crippen LogP contribution in [0, 0.1) is 17.1 Å². The molecule has 0 amide bonds. The highest BCUT2D eigenvalue weighted by Crippen LogP contribution is 2.12. The van der Waals surface area contributed by atoms with Crippen molar-refractivity contribution in [2.24, 2.45) is 0 Å². The highest BCUT2D eigenvalue weighted by molar-refractivity contribution is 5.97. The third kappa shape index (κ3) is 3.72. The molecule has 88 valence electrons. The van der Waals surface area contributed by atoms with E-state index >= 15 is 0 Å². The number of halogens is 1. The van der Waals surface area contributed by atoms with Gasteiger partial charge in [-0.25, -0.2) is 9.18 Å². The van der Waals surface area contributed by atoms with E-state index in [4.69, 9.17) is 10.00 Å². The summed E-state index contributed by atoms with van der Waals surface area (Å²) < 4.78 is 18.2. The standard InChI is InChI=1S/C13H12FNO2/c1-9(2)17-13(16)11(8-15)7-10-5-3-4-6-12(10)14/h3-7,9H,1-2H3. The Hall–Kier alpha value is -2.15. The molecule has 0 atom stereocenters. The molecule has 0 saturated heterocycles. The second kappa shape index (κ2) is 5.80. The van der Waals surface area contributed by atoms with E-state index in [1.165, 1.54) is 24.3 Å². The quantitative estimate of drug-likeness (QED) is 0.458. The summed E-state index contributed by atoms with van der Waals surface area (Å²) in [6.07, 6.45) is 0.861. The minimum Gasteiger partial charge on any atom is -0.459 e. The normalized spacial score (nSPS) is 11.1. The zero-order valence-corrected chi connectivity index (χ0v) is 9.61. The van der Waals surface area contributed by atoms with Crippen LogP contribution in [-0.2, 0) is 9.53 Å². The van der Waals surface area contributed by atoms with Crippen LogP contribution in [0.15, 0.2) is 29.8 Å². The van der Waals surface area contributed by atoms with Crippen molar-refractivity contribution < 1.29 is 13.9 Å². The molecular formula is C13H12FNO2. The second-order valence-corrected chi connectivity index (χ2v) is 3.65. The first kappa shape index (κ1) is 12.9. The van der Waals surface area contributed by atoms with Crippen molar-refractivity contribution in [2.45, 2.75) is 20.0 Å². The lowest BCUT2D eigenvalue weighted by atomic mass is 10.1. The topological polar surface area (TPSA) is 50.1 Å². The summed E-state index contributed by atoms with van der Waals surface area (Å²) in [6, 6.07) is 7.60. The number of nitrogens with zero attached hydrogens (tertiary/aromatic N) is 1. The zero-order chi connectivity index (χ0) is 12.8. The average Bonchev–Trinajstić information content (AvgIpc) is 2.27. The first-order chi connectivity index (χ1) is 8.04. The van der Waals surface area contributed by atoms with E-state index in [9.17, 15) is 9.18 Å². The summed E-state index contributed by atoms with van der Waals surface area (Å²) in [4.78, 5) is 11.5. The van der Waals surface area contributed by atoms with Crippen LogP contribution in [0.4, 0.5) is 4.39 Å². The number of esters is 1. The minimum atomic E-state index is -0.745.